The summed E-state index contributed by atoms with van der Waals surface area (Å²) in [7, 11) is 0. The first-order valence-electron chi connectivity index (χ1n) is 5.20. The van der Waals surface area contributed by atoms with E-state index in [2.05, 4.69) is 0 Å². The third kappa shape index (κ3) is 3.15. The molecule has 1 rings (SSSR count). The van der Waals surface area contributed by atoms with Crippen molar-refractivity contribution in [1.82, 2.24) is 0 Å². The molecule has 0 aliphatic heterocycles. The number of ketones is 1. The number of hydrogen-bond acceptors (Lipinski definition) is 3. The number of nitrogens with zero attached hydrogens (tertiary/aromatic N) is 1. The first kappa shape index (κ1) is 12.4. The molecule has 0 aliphatic carbocycles. The molecule has 0 spiro atoms. The van der Waals surface area contributed by atoms with Crippen molar-refractivity contribution in [2.24, 2.45) is 0 Å². The van der Waals surface area contributed by atoms with Gasteiger partial charge in [0.15, 0.2) is 0 Å². The fraction of sp³-hybridized carbons (Fsp3) is 0.417. The van der Waals surface area contributed by atoms with Gasteiger partial charge in [-0.05, 0) is 12.5 Å². The van der Waals surface area contributed by atoms with Crippen LogP contribution >= 0.6 is 0 Å². The molecule has 0 amide bonds. The van der Waals surface area contributed by atoms with Crippen molar-refractivity contribution in [2.45, 2.75) is 32.2 Å². The molecule has 16 heavy (non-hydrogen) atoms. The van der Waals surface area contributed by atoms with Gasteiger partial charge in [-0.15, -0.1) is 0 Å². The predicted octanol–water partition coefficient (Wildman–Crippen LogP) is 2.41. The molecule has 0 heterocycles. The van der Waals surface area contributed by atoms with Crippen molar-refractivity contribution in [3.63, 3.8) is 0 Å². The lowest BCUT2D eigenvalue weighted by molar-refractivity contribution is -0.522. The third-order valence-corrected chi connectivity index (χ3v) is 2.65. The monoisotopic (exact) mass is 221 g/mol. The van der Waals surface area contributed by atoms with E-state index in [1.807, 2.05) is 30.3 Å². The second-order valence-corrected chi connectivity index (χ2v) is 3.95. The molecule has 0 aliphatic rings. The zero-order valence-corrected chi connectivity index (χ0v) is 9.42. The smallest absolute Gasteiger partial charge is 0.217 e. The molecule has 0 aromatic heterocycles. The topological polar surface area (TPSA) is 60.2 Å². The SMILES string of the molecule is CC(=O)C[C@@H](c1ccccc1)C(C)[N+](=O)[O-]. The largest absolute Gasteiger partial charge is 0.300 e. The maximum Gasteiger partial charge on any atom is 0.217 e. The number of Topliss-reactive ketones (excluding diaryl/α,β-unsaturated/α-hetero) is 1. The van der Waals surface area contributed by atoms with Gasteiger partial charge >= 0.3 is 0 Å². The summed E-state index contributed by atoms with van der Waals surface area (Å²) in [5.41, 5.74) is 0.849. The lowest BCUT2D eigenvalue weighted by Gasteiger charge is -2.17. The summed E-state index contributed by atoms with van der Waals surface area (Å²) in [6.45, 7) is 3.00. The maximum atomic E-state index is 11.1. The van der Waals surface area contributed by atoms with Crippen molar-refractivity contribution in [2.75, 3.05) is 0 Å². The minimum atomic E-state index is -0.744. The Balaban J connectivity index is 2.96. The molecule has 1 aromatic rings. The fourth-order valence-electron chi connectivity index (χ4n) is 1.72. The Hall–Kier alpha value is -1.71. The van der Waals surface area contributed by atoms with E-state index in [-0.39, 0.29) is 23.0 Å². The van der Waals surface area contributed by atoms with Crippen molar-refractivity contribution in [3.05, 3.63) is 46.0 Å². The number of carbonyl (C=O) groups excluding carboxylic acids is 1. The van der Waals surface area contributed by atoms with E-state index in [9.17, 15) is 14.9 Å². The molecule has 1 unspecified atom stereocenters. The molecular formula is C12H15NO3. The molecule has 1 aromatic carbocycles. The number of carbonyl (C=O) groups is 1. The molecule has 0 radical (unpaired) electrons. The highest BCUT2D eigenvalue weighted by atomic mass is 16.6. The van der Waals surface area contributed by atoms with Crippen molar-refractivity contribution < 1.29 is 9.72 Å². The fourth-order valence-corrected chi connectivity index (χ4v) is 1.72. The maximum absolute atomic E-state index is 11.1. The van der Waals surface area contributed by atoms with E-state index >= 15 is 0 Å². The normalized spacial score (nSPS) is 14.1. The van der Waals surface area contributed by atoms with E-state index < -0.39 is 6.04 Å². The summed E-state index contributed by atoms with van der Waals surface area (Å²) >= 11 is 0. The number of rotatable bonds is 5. The standard InChI is InChI=1S/C12H15NO3/c1-9(14)8-12(10(2)13(15)16)11-6-4-3-5-7-11/h3-7,10,12H,8H2,1-2H3/t10?,12-/m1/s1. The van der Waals surface area contributed by atoms with Gasteiger partial charge in [-0.3, -0.25) is 10.1 Å². The zero-order valence-electron chi connectivity index (χ0n) is 9.42. The van der Waals surface area contributed by atoms with Gasteiger partial charge in [0.25, 0.3) is 0 Å². The highest BCUT2D eigenvalue weighted by molar-refractivity contribution is 5.76. The van der Waals surface area contributed by atoms with Gasteiger partial charge in [-0.1, -0.05) is 30.3 Å². The van der Waals surface area contributed by atoms with Gasteiger partial charge in [-0.25, -0.2) is 0 Å². The van der Waals surface area contributed by atoms with E-state index in [4.69, 9.17) is 0 Å². The summed E-state index contributed by atoms with van der Waals surface area (Å²) in [5, 5.41) is 10.8. The van der Waals surface area contributed by atoms with Crippen LogP contribution in [0.1, 0.15) is 31.7 Å². The number of hydrogen-bond donors (Lipinski definition) is 0. The summed E-state index contributed by atoms with van der Waals surface area (Å²) < 4.78 is 0. The van der Waals surface area contributed by atoms with Crippen LogP contribution in [0, 0.1) is 10.1 Å². The van der Waals surface area contributed by atoms with Crippen LogP contribution in [0.15, 0.2) is 30.3 Å². The Morgan fingerprint density at radius 1 is 1.38 bits per heavy atom. The lowest BCUT2D eigenvalue weighted by atomic mass is 9.88. The van der Waals surface area contributed by atoms with Crippen molar-refractivity contribution in [1.29, 1.82) is 0 Å². The summed E-state index contributed by atoms with van der Waals surface area (Å²) in [6, 6.07) is 8.42. The van der Waals surface area contributed by atoms with Crippen LogP contribution in [0.5, 0.6) is 0 Å². The van der Waals surface area contributed by atoms with Gasteiger partial charge < -0.3 is 4.79 Å². The van der Waals surface area contributed by atoms with Gasteiger partial charge in [0.2, 0.25) is 6.04 Å². The second-order valence-electron chi connectivity index (χ2n) is 3.95. The van der Waals surface area contributed by atoms with Crippen LogP contribution in [-0.2, 0) is 4.79 Å². The second kappa shape index (κ2) is 5.39. The minimum Gasteiger partial charge on any atom is -0.300 e. The van der Waals surface area contributed by atoms with Crippen LogP contribution < -0.4 is 0 Å². The van der Waals surface area contributed by atoms with Gasteiger partial charge in [0, 0.05) is 18.3 Å². The molecular weight excluding hydrogens is 206 g/mol. The Kier molecular flexibility index (Phi) is 4.17. The van der Waals surface area contributed by atoms with Crippen LogP contribution in [0.4, 0.5) is 0 Å². The summed E-state index contributed by atoms with van der Waals surface area (Å²) in [5.74, 6) is -0.365. The highest BCUT2D eigenvalue weighted by Gasteiger charge is 2.28. The Morgan fingerprint density at radius 3 is 2.38 bits per heavy atom. The van der Waals surface area contributed by atoms with Gasteiger partial charge in [-0.2, -0.15) is 0 Å². The summed E-state index contributed by atoms with van der Waals surface area (Å²) in [6.07, 6.45) is 0.214. The molecule has 0 saturated carbocycles. The van der Waals surface area contributed by atoms with Crippen molar-refractivity contribution in [3.8, 4) is 0 Å². The minimum absolute atomic E-state index is 0.0254. The molecule has 4 nitrogen and oxygen atoms in total. The molecule has 2 atom stereocenters. The first-order valence-corrected chi connectivity index (χ1v) is 5.20. The molecule has 0 N–H and O–H groups in total. The highest BCUT2D eigenvalue weighted by Crippen LogP contribution is 2.25. The average Bonchev–Trinajstić information content (AvgIpc) is 2.26. The predicted molar refractivity (Wildman–Crippen MR) is 60.9 cm³/mol. The van der Waals surface area contributed by atoms with Crippen LogP contribution in [0.3, 0.4) is 0 Å². The van der Waals surface area contributed by atoms with Gasteiger partial charge in [0.05, 0.1) is 5.92 Å². The molecule has 0 saturated heterocycles. The van der Waals surface area contributed by atoms with E-state index in [0.29, 0.717) is 0 Å². The van der Waals surface area contributed by atoms with E-state index in [0.717, 1.165) is 5.56 Å². The number of nitro groups is 1. The van der Waals surface area contributed by atoms with Crippen LogP contribution in [-0.4, -0.2) is 16.7 Å². The molecule has 0 bridgehead atoms. The number of benzene rings is 1. The summed E-state index contributed by atoms with van der Waals surface area (Å²) in [4.78, 5) is 21.6. The molecule has 4 heteroatoms. The molecule has 0 fully saturated rings. The Bertz CT molecular complexity index is 375. The lowest BCUT2D eigenvalue weighted by Crippen LogP contribution is -2.25. The molecule has 86 valence electrons. The third-order valence-electron chi connectivity index (χ3n) is 2.65. The Morgan fingerprint density at radius 2 is 1.94 bits per heavy atom. The van der Waals surface area contributed by atoms with Crippen molar-refractivity contribution >= 4 is 5.78 Å². The van der Waals surface area contributed by atoms with Gasteiger partial charge in [0.1, 0.15) is 5.78 Å². The van der Waals surface area contributed by atoms with E-state index in [1.165, 1.54) is 6.92 Å². The van der Waals surface area contributed by atoms with Crippen LogP contribution in [0.2, 0.25) is 0 Å². The first-order chi connectivity index (χ1) is 7.52. The van der Waals surface area contributed by atoms with E-state index in [1.54, 1.807) is 6.92 Å². The van der Waals surface area contributed by atoms with Crippen LogP contribution in [0.25, 0.3) is 0 Å². The Labute approximate surface area is 94.4 Å². The zero-order chi connectivity index (χ0) is 12.1. The average molecular weight is 221 g/mol. The quantitative estimate of drug-likeness (QED) is 0.566.